The normalized spacial score (nSPS) is 9.20. The Hall–Kier alpha value is -1.32. The molecule has 0 saturated carbocycles. The number of aromatic hydroxyl groups is 1. The van der Waals surface area contributed by atoms with Gasteiger partial charge >= 0.3 is 0 Å². The summed E-state index contributed by atoms with van der Waals surface area (Å²) >= 11 is 0. The summed E-state index contributed by atoms with van der Waals surface area (Å²) in [5.41, 5.74) is 1.09. The summed E-state index contributed by atoms with van der Waals surface area (Å²) in [5, 5.41) is 11.6. The first kappa shape index (κ1) is 6.80. The minimum Gasteiger partial charge on any atom is -0.508 e. The first-order chi connectivity index (χ1) is 4.72. The molecule has 0 aliphatic rings. The molecule has 1 N–H and O–H groups in total. The molecule has 0 radical (unpaired) electrons. The molecule has 0 bridgehead atoms. The predicted molar refractivity (Wildman–Crippen MR) is 41.7 cm³/mol. The third kappa shape index (κ3) is 1.34. The van der Waals surface area contributed by atoms with E-state index in [1.807, 2.05) is 0 Å². The molecule has 0 heterocycles. The Morgan fingerprint density at radius 1 is 1.40 bits per heavy atom. The quantitative estimate of drug-likeness (QED) is 0.436. The van der Waals surface area contributed by atoms with Gasteiger partial charge in [-0.15, -0.1) is 4.91 Å². The molecule has 0 amide bonds. The lowest BCUT2D eigenvalue weighted by molar-refractivity contribution is 0.476. The largest absolute Gasteiger partial charge is 0.508 e. The van der Waals surface area contributed by atoms with Crippen LogP contribution in [0.3, 0.4) is 0 Å². The van der Waals surface area contributed by atoms with Crippen LogP contribution in [0.1, 0.15) is 0 Å². The highest BCUT2D eigenvalue weighted by atomic mass is 16.3. The monoisotopic (exact) mass is 135 g/mol. The summed E-state index contributed by atoms with van der Waals surface area (Å²) in [6.45, 7) is 0. The van der Waals surface area contributed by atoms with Gasteiger partial charge in [0.15, 0.2) is 0 Å². The molecule has 0 aliphatic carbocycles. The fourth-order valence-electron chi connectivity index (χ4n) is 0.796. The molecule has 10 heavy (non-hydrogen) atoms. The topological polar surface area (TPSA) is 49.7 Å². The van der Waals surface area contributed by atoms with Crippen molar-refractivity contribution >= 4 is 19.0 Å². The zero-order valence-electron chi connectivity index (χ0n) is 5.53. The van der Waals surface area contributed by atoms with Gasteiger partial charge in [-0.1, -0.05) is 5.46 Å². The molecule has 3 nitrogen and oxygen atoms in total. The van der Waals surface area contributed by atoms with Gasteiger partial charge in [-0.2, -0.15) is 0 Å². The van der Waals surface area contributed by atoms with Crippen LogP contribution < -0.4 is 5.46 Å². The van der Waals surface area contributed by atoms with Gasteiger partial charge in [0.1, 0.15) is 19.3 Å². The summed E-state index contributed by atoms with van der Waals surface area (Å²) in [7, 11) is 1.79. The fraction of sp³-hybridized carbons (Fsp3) is 0. The predicted octanol–water partition coefficient (Wildman–Crippen LogP) is 0.0485. The van der Waals surface area contributed by atoms with E-state index in [4.69, 9.17) is 5.11 Å². The third-order valence-corrected chi connectivity index (χ3v) is 1.15. The SMILES string of the molecule is Bc1cc(O)cc(N=O)c1. The zero-order chi connectivity index (χ0) is 7.56. The summed E-state index contributed by atoms with van der Waals surface area (Å²) in [4.78, 5) is 9.95. The van der Waals surface area contributed by atoms with Gasteiger partial charge in [0.25, 0.3) is 0 Å². The van der Waals surface area contributed by atoms with Crippen molar-refractivity contribution in [1.82, 2.24) is 0 Å². The Kier molecular flexibility index (Phi) is 1.71. The Labute approximate surface area is 59.1 Å². The van der Waals surface area contributed by atoms with Crippen LogP contribution >= 0.6 is 0 Å². The van der Waals surface area contributed by atoms with Crippen LogP contribution in [0.2, 0.25) is 0 Å². The second-order valence-corrected chi connectivity index (χ2v) is 2.12. The van der Waals surface area contributed by atoms with Crippen molar-refractivity contribution in [3.8, 4) is 5.75 Å². The molecule has 0 spiro atoms. The van der Waals surface area contributed by atoms with Crippen LogP contribution in [-0.2, 0) is 0 Å². The van der Waals surface area contributed by atoms with Crippen LogP contribution in [0.5, 0.6) is 5.75 Å². The second-order valence-electron chi connectivity index (χ2n) is 2.12. The van der Waals surface area contributed by atoms with Crippen molar-refractivity contribution in [2.24, 2.45) is 5.18 Å². The van der Waals surface area contributed by atoms with E-state index in [0.29, 0.717) is 0 Å². The van der Waals surface area contributed by atoms with E-state index in [0.717, 1.165) is 5.46 Å². The molecule has 0 saturated heterocycles. The average Bonchev–Trinajstić information content (AvgIpc) is 1.85. The Balaban J connectivity index is 3.18. The zero-order valence-corrected chi connectivity index (χ0v) is 5.53. The highest BCUT2D eigenvalue weighted by Crippen LogP contribution is 2.15. The highest BCUT2D eigenvalue weighted by Gasteiger charge is 1.94. The number of benzene rings is 1. The lowest BCUT2D eigenvalue weighted by atomic mass is 9.96. The minimum absolute atomic E-state index is 0.0783. The minimum atomic E-state index is 0.0783. The summed E-state index contributed by atoms with van der Waals surface area (Å²) in [6, 6.07) is 4.49. The van der Waals surface area contributed by atoms with Gasteiger partial charge in [-0.25, -0.2) is 0 Å². The molecule has 1 aromatic rings. The van der Waals surface area contributed by atoms with Crippen LogP contribution in [0.15, 0.2) is 23.4 Å². The van der Waals surface area contributed by atoms with Crippen molar-refractivity contribution in [2.45, 2.75) is 0 Å². The fourth-order valence-corrected chi connectivity index (χ4v) is 0.796. The summed E-state index contributed by atoms with van der Waals surface area (Å²) in [6.07, 6.45) is 0. The van der Waals surface area contributed by atoms with E-state index in [-0.39, 0.29) is 11.4 Å². The number of nitrogens with zero attached hydrogens (tertiary/aromatic N) is 1. The molecule has 1 aromatic carbocycles. The number of rotatable bonds is 1. The Morgan fingerprint density at radius 2 is 2.10 bits per heavy atom. The van der Waals surface area contributed by atoms with Gasteiger partial charge in [-0.3, -0.25) is 0 Å². The standard InChI is InChI=1S/C6H6BNO2/c7-4-1-5(8-10)3-6(9)2-4/h1-3,9H,7H2. The van der Waals surface area contributed by atoms with E-state index < -0.39 is 0 Å². The second kappa shape index (κ2) is 2.52. The van der Waals surface area contributed by atoms with Gasteiger partial charge in [-0.05, 0) is 17.3 Å². The maximum atomic E-state index is 9.95. The third-order valence-electron chi connectivity index (χ3n) is 1.15. The molecular weight excluding hydrogens is 129 g/mol. The van der Waals surface area contributed by atoms with E-state index in [2.05, 4.69) is 5.18 Å². The summed E-state index contributed by atoms with van der Waals surface area (Å²) in [5.74, 6) is 0.0783. The molecule has 0 aromatic heterocycles. The van der Waals surface area contributed by atoms with Crippen molar-refractivity contribution in [3.63, 3.8) is 0 Å². The molecule has 0 unspecified atom stereocenters. The van der Waals surface area contributed by atoms with E-state index in [1.54, 1.807) is 20.0 Å². The number of hydrogen-bond donors (Lipinski definition) is 1. The van der Waals surface area contributed by atoms with Gasteiger partial charge in [0.05, 0.1) is 0 Å². The molecular formula is C6H6BNO2. The maximum absolute atomic E-state index is 9.95. The molecule has 1 rings (SSSR count). The smallest absolute Gasteiger partial charge is 0.139 e. The van der Waals surface area contributed by atoms with Crippen LogP contribution in [0, 0.1) is 4.91 Å². The maximum Gasteiger partial charge on any atom is 0.139 e. The van der Waals surface area contributed by atoms with Crippen LogP contribution in [0.4, 0.5) is 5.69 Å². The van der Waals surface area contributed by atoms with Gasteiger partial charge < -0.3 is 5.11 Å². The molecule has 0 atom stereocenters. The van der Waals surface area contributed by atoms with E-state index >= 15 is 0 Å². The van der Waals surface area contributed by atoms with Gasteiger partial charge in [0.2, 0.25) is 0 Å². The van der Waals surface area contributed by atoms with E-state index in [1.165, 1.54) is 6.07 Å². The van der Waals surface area contributed by atoms with Crippen molar-refractivity contribution in [3.05, 3.63) is 23.1 Å². The van der Waals surface area contributed by atoms with Crippen LogP contribution in [-0.4, -0.2) is 13.0 Å². The average molecular weight is 135 g/mol. The Morgan fingerprint density at radius 3 is 2.60 bits per heavy atom. The summed E-state index contributed by atoms with van der Waals surface area (Å²) < 4.78 is 0. The van der Waals surface area contributed by atoms with Crippen molar-refractivity contribution in [1.29, 1.82) is 0 Å². The van der Waals surface area contributed by atoms with Crippen molar-refractivity contribution < 1.29 is 5.11 Å². The first-order valence-corrected chi connectivity index (χ1v) is 2.86. The highest BCUT2D eigenvalue weighted by molar-refractivity contribution is 6.32. The van der Waals surface area contributed by atoms with E-state index in [9.17, 15) is 4.91 Å². The molecule has 0 fully saturated rings. The number of phenols is 1. The number of phenolic OH excluding ortho intramolecular Hbond substituents is 1. The van der Waals surface area contributed by atoms with Gasteiger partial charge in [0, 0.05) is 6.07 Å². The molecule has 4 heteroatoms. The van der Waals surface area contributed by atoms with Crippen LogP contribution in [0.25, 0.3) is 0 Å². The number of hydrogen-bond acceptors (Lipinski definition) is 3. The lowest BCUT2D eigenvalue weighted by Gasteiger charge is -1.94. The number of nitroso groups, excluding NO2 is 1. The Bertz CT molecular complexity index is 242. The lowest BCUT2D eigenvalue weighted by Crippen LogP contribution is -1.98. The first-order valence-electron chi connectivity index (χ1n) is 2.86. The van der Waals surface area contributed by atoms with Crippen molar-refractivity contribution in [2.75, 3.05) is 0 Å². The molecule has 50 valence electrons. The molecule has 0 aliphatic heterocycles.